The Hall–Kier alpha value is -0.750. The molecule has 0 aliphatic heterocycles. The number of hydrogen-bond acceptors (Lipinski definition) is 2. The lowest BCUT2D eigenvalue weighted by Gasteiger charge is -2.08. The van der Waals surface area contributed by atoms with Gasteiger partial charge in [0.25, 0.3) is 0 Å². The molecule has 0 aromatic carbocycles. The lowest BCUT2D eigenvalue weighted by Crippen LogP contribution is -2.18. The van der Waals surface area contributed by atoms with Crippen LogP contribution >= 0.6 is 23.2 Å². The molecule has 78 valence electrons. The first-order chi connectivity index (χ1) is 6.29. The molecule has 0 radical (unpaired) electrons. The zero-order valence-corrected chi connectivity index (χ0v) is 7.71. The molecule has 0 N–H and O–H groups in total. The van der Waals surface area contributed by atoms with Gasteiger partial charge in [-0.15, -0.1) is 13.2 Å². The summed E-state index contributed by atoms with van der Waals surface area (Å²) in [7, 11) is 0. The van der Waals surface area contributed by atoms with E-state index in [0.717, 1.165) is 0 Å². The van der Waals surface area contributed by atoms with Crippen LogP contribution in [0.2, 0.25) is 10.0 Å². The first-order valence-electron chi connectivity index (χ1n) is 3.07. The van der Waals surface area contributed by atoms with Gasteiger partial charge >= 0.3 is 6.36 Å². The summed E-state index contributed by atoms with van der Waals surface area (Å²) in [5.41, 5.74) is 0. The summed E-state index contributed by atoms with van der Waals surface area (Å²) in [5, 5.41) is -0.959. The van der Waals surface area contributed by atoms with E-state index in [0.29, 0.717) is 6.07 Å². The largest absolute Gasteiger partial charge is 0.574 e. The molecule has 1 aromatic heterocycles. The molecule has 1 aromatic rings. The molecule has 0 atom stereocenters. The second-order valence-corrected chi connectivity index (χ2v) is 2.88. The Kier molecular flexibility index (Phi) is 3.06. The van der Waals surface area contributed by atoms with Crippen molar-refractivity contribution in [3.8, 4) is 5.88 Å². The van der Waals surface area contributed by atoms with Gasteiger partial charge in [0.05, 0.1) is 5.02 Å². The summed E-state index contributed by atoms with van der Waals surface area (Å²) in [5.74, 6) is -2.32. The average molecular weight is 250 g/mol. The second-order valence-electron chi connectivity index (χ2n) is 2.09. The molecule has 14 heavy (non-hydrogen) atoms. The maximum atomic E-state index is 12.6. The van der Waals surface area contributed by atoms with Crippen LogP contribution in [0.5, 0.6) is 5.88 Å². The molecular weight excluding hydrogens is 249 g/mol. The Bertz CT molecular complexity index is 331. The minimum absolute atomic E-state index is 0.404. The molecule has 0 saturated carbocycles. The smallest absolute Gasteiger partial charge is 0.388 e. The number of alkyl halides is 3. The highest BCUT2D eigenvalue weighted by molar-refractivity contribution is 6.42. The SMILES string of the molecule is Fc1nc(OC(F)(F)F)cc(Cl)c1Cl. The van der Waals surface area contributed by atoms with Crippen molar-refractivity contribution in [2.75, 3.05) is 0 Å². The van der Waals surface area contributed by atoms with E-state index in [9.17, 15) is 17.6 Å². The molecule has 0 unspecified atom stereocenters. The van der Waals surface area contributed by atoms with E-state index in [2.05, 4.69) is 9.72 Å². The molecule has 0 bridgehead atoms. The summed E-state index contributed by atoms with van der Waals surface area (Å²) >= 11 is 10.5. The maximum absolute atomic E-state index is 12.6. The Morgan fingerprint density at radius 1 is 1.29 bits per heavy atom. The van der Waals surface area contributed by atoms with Crippen molar-refractivity contribution in [2.24, 2.45) is 0 Å². The third kappa shape index (κ3) is 2.88. The molecule has 8 heteroatoms. The normalized spacial score (nSPS) is 11.6. The lowest BCUT2D eigenvalue weighted by molar-refractivity contribution is -0.276. The maximum Gasteiger partial charge on any atom is 0.574 e. The van der Waals surface area contributed by atoms with Crippen molar-refractivity contribution >= 4 is 23.2 Å². The van der Waals surface area contributed by atoms with Crippen molar-refractivity contribution in [2.45, 2.75) is 6.36 Å². The number of halogens is 6. The second kappa shape index (κ2) is 3.78. The number of pyridine rings is 1. The van der Waals surface area contributed by atoms with E-state index in [1.54, 1.807) is 0 Å². The standard InChI is InChI=1S/C6HCl2F4NO/c7-2-1-3(14-6(10,11)12)13-5(9)4(2)8/h1H. The number of rotatable bonds is 1. The Morgan fingerprint density at radius 2 is 1.86 bits per heavy atom. The van der Waals surface area contributed by atoms with Crippen molar-refractivity contribution in [3.05, 3.63) is 22.1 Å². The predicted molar refractivity (Wildman–Crippen MR) is 40.9 cm³/mol. The van der Waals surface area contributed by atoms with Crippen LogP contribution in [0.4, 0.5) is 17.6 Å². The van der Waals surface area contributed by atoms with Crippen LogP contribution in [0.25, 0.3) is 0 Å². The van der Waals surface area contributed by atoms with Gasteiger partial charge in [0.1, 0.15) is 5.02 Å². The van der Waals surface area contributed by atoms with Crippen molar-refractivity contribution in [1.82, 2.24) is 4.98 Å². The molecule has 0 amide bonds. The van der Waals surface area contributed by atoms with Crippen molar-refractivity contribution in [3.63, 3.8) is 0 Å². The highest BCUT2D eigenvalue weighted by Gasteiger charge is 2.32. The van der Waals surface area contributed by atoms with E-state index in [-0.39, 0.29) is 0 Å². The number of nitrogens with zero attached hydrogens (tertiary/aromatic N) is 1. The van der Waals surface area contributed by atoms with Crippen LogP contribution in [0, 0.1) is 5.95 Å². The third-order valence-electron chi connectivity index (χ3n) is 1.07. The van der Waals surface area contributed by atoms with Crippen LogP contribution in [-0.2, 0) is 0 Å². The van der Waals surface area contributed by atoms with Gasteiger partial charge in [-0.25, -0.2) is 0 Å². The zero-order chi connectivity index (χ0) is 10.9. The van der Waals surface area contributed by atoms with E-state index < -0.39 is 28.2 Å². The summed E-state index contributed by atoms with van der Waals surface area (Å²) < 4.78 is 50.9. The van der Waals surface area contributed by atoms with Gasteiger partial charge in [0.15, 0.2) is 0 Å². The van der Waals surface area contributed by atoms with Gasteiger partial charge in [-0.1, -0.05) is 23.2 Å². The van der Waals surface area contributed by atoms with Gasteiger partial charge in [-0.3, -0.25) is 0 Å². The van der Waals surface area contributed by atoms with Crippen LogP contribution < -0.4 is 4.74 Å². The Balaban J connectivity index is 3.02. The Labute approximate surface area is 85.4 Å². The van der Waals surface area contributed by atoms with E-state index >= 15 is 0 Å². The fraction of sp³-hybridized carbons (Fsp3) is 0.167. The molecule has 0 spiro atoms. The Morgan fingerprint density at radius 3 is 2.29 bits per heavy atom. The van der Waals surface area contributed by atoms with Crippen LogP contribution in [-0.4, -0.2) is 11.3 Å². The summed E-state index contributed by atoms with van der Waals surface area (Å²) in [6.45, 7) is 0. The minimum Gasteiger partial charge on any atom is -0.388 e. The van der Waals surface area contributed by atoms with Gasteiger partial charge in [-0.2, -0.15) is 9.37 Å². The van der Waals surface area contributed by atoms with Gasteiger partial charge in [0.2, 0.25) is 11.8 Å². The van der Waals surface area contributed by atoms with Crippen molar-refractivity contribution in [1.29, 1.82) is 0 Å². The number of aromatic nitrogens is 1. The third-order valence-corrected chi connectivity index (χ3v) is 1.82. The van der Waals surface area contributed by atoms with E-state index in [4.69, 9.17) is 23.2 Å². The quantitative estimate of drug-likeness (QED) is 0.562. The molecule has 0 saturated heterocycles. The predicted octanol–water partition coefficient (Wildman–Crippen LogP) is 3.43. The summed E-state index contributed by atoms with van der Waals surface area (Å²) in [6.07, 6.45) is -4.95. The highest BCUT2D eigenvalue weighted by Crippen LogP contribution is 2.29. The van der Waals surface area contributed by atoms with E-state index in [1.165, 1.54) is 0 Å². The zero-order valence-electron chi connectivity index (χ0n) is 6.20. The van der Waals surface area contributed by atoms with Crippen LogP contribution in [0.1, 0.15) is 0 Å². The molecule has 0 fully saturated rings. The topological polar surface area (TPSA) is 22.1 Å². The minimum atomic E-state index is -4.95. The monoisotopic (exact) mass is 249 g/mol. The van der Waals surface area contributed by atoms with E-state index in [1.807, 2.05) is 0 Å². The molecule has 0 aliphatic rings. The van der Waals surface area contributed by atoms with Gasteiger partial charge < -0.3 is 4.74 Å². The lowest BCUT2D eigenvalue weighted by atomic mass is 10.5. The molecule has 2 nitrogen and oxygen atoms in total. The van der Waals surface area contributed by atoms with Gasteiger partial charge in [0, 0.05) is 6.07 Å². The molecular formula is C6HCl2F4NO. The van der Waals surface area contributed by atoms with Gasteiger partial charge in [-0.05, 0) is 0 Å². The summed E-state index contributed by atoms with van der Waals surface area (Å²) in [4.78, 5) is 2.79. The number of ether oxygens (including phenoxy) is 1. The summed E-state index contributed by atoms with van der Waals surface area (Å²) in [6, 6.07) is 0.667. The highest BCUT2D eigenvalue weighted by atomic mass is 35.5. The van der Waals surface area contributed by atoms with Crippen LogP contribution in [0.3, 0.4) is 0 Å². The molecule has 1 rings (SSSR count). The fourth-order valence-electron chi connectivity index (χ4n) is 0.619. The average Bonchev–Trinajstić information content (AvgIpc) is 1.96. The molecule has 0 aliphatic carbocycles. The first kappa shape index (κ1) is 11.3. The molecule has 1 heterocycles. The van der Waals surface area contributed by atoms with Crippen LogP contribution in [0.15, 0.2) is 6.07 Å². The fourth-order valence-corrected chi connectivity index (χ4v) is 0.887. The van der Waals surface area contributed by atoms with Crippen molar-refractivity contribution < 1.29 is 22.3 Å². The first-order valence-corrected chi connectivity index (χ1v) is 3.82. The number of hydrogen-bond donors (Lipinski definition) is 0.